The van der Waals surface area contributed by atoms with Crippen LogP contribution in [0.25, 0.3) is 0 Å². The Kier molecular flexibility index (Phi) is 4.20. The van der Waals surface area contributed by atoms with E-state index >= 15 is 0 Å². The molecule has 0 aromatic heterocycles. The summed E-state index contributed by atoms with van der Waals surface area (Å²) in [5, 5.41) is 23.0. The first kappa shape index (κ1) is 13.9. The molecule has 20 heavy (non-hydrogen) atoms. The van der Waals surface area contributed by atoms with Crippen LogP contribution in [0, 0.1) is 17.2 Å². The van der Waals surface area contributed by atoms with Gasteiger partial charge < -0.3 is 15.7 Å². The zero-order valence-corrected chi connectivity index (χ0v) is 10.8. The molecule has 0 bridgehead atoms. The first-order chi connectivity index (χ1) is 9.60. The fourth-order valence-electron chi connectivity index (χ4n) is 2.04. The third-order valence-electron chi connectivity index (χ3n) is 3.20. The first-order valence-corrected chi connectivity index (χ1v) is 6.38. The summed E-state index contributed by atoms with van der Waals surface area (Å²) in [5.74, 6) is -0.692. The normalized spacial score (nSPS) is 14.9. The number of benzene rings is 1. The number of nitriles is 1. The first-order valence-electron chi connectivity index (χ1n) is 6.38. The molecule has 2 amide bonds. The topological polar surface area (TPSA) is 102 Å². The predicted octanol–water partition coefficient (Wildman–Crippen LogP) is 1.93. The summed E-state index contributed by atoms with van der Waals surface area (Å²) in [6, 6.07) is 7.80. The lowest BCUT2D eigenvalue weighted by molar-refractivity contribution is -0.137. The maximum atomic E-state index is 11.9. The number of hydrogen-bond donors (Lipinski definition) is 3. The molecule has 6 nitrogen and oxygen atoms in total. The van der Waals surface area contributed by atoms with Crippen LogP contribution in [0.2, 0.25) is 0 Å². The molecule has 6 heteroatoms. The number of carbonyl (C=O) groups excluding carboxylic acids is 1. The Labute approximate surface area is 116 Å². The number of anilines is 1. The molecule has 1 aromatic carbocycles. The Balaban J connectivity index is 1.97. The Hall–Kier alpha value is -2.55. The molecule has 104 valence electrons. The highest BCUT2D eigenvalue weighted by atomic mass is 16.4. The molecule has 0 aliphatic heterocycles. The number of carboxylic acid groups (broad SMARTS) is 1. The number of hydrogen-bond acceptors (Lipinski definition) is 3. The van der Waals surface area contributed by atoms with Crippen molar-refractivity contribution in [2.24, 2.45) is 5.92 Å². The van der Waals surface area contributed by atoms with Crippen molar-refractivity contribution in [1.82, 2.24) is 5.32 Å². The van der Waals surface area contributed by atoms with Crippen LogP contribution in [0.3, 0.4) is 0 Å². The van der Waals surface area contributed by atoms with E-state index in [0.717, 1.165) is 12.8 Å². The summed E-state index contributed by atoms with van der Waals surface area (Å²) in [4.78, 5) is 22.6. The van der Waals surface area contributed by atoms with Gasteiger partial charge >= 0.3 is 12.0 Å². The fraction of sp³-hybridized carbons (Fsp3) is 0.357. The second kappa shape index (κ2) is 6.06. The van der Waals surface area contributed by atoms with Gasteiger partial charge in [-0.15, -0.1) is 0 Å². The summed E-state index contributed by atoms with van der Waals surface area (Å²) in [5.41, 5.74) is 0.779. The van der Waals surface area contributed by atoms with Gasteiger partial charge in [-0.1, -0.05) is 12.1 Å². The second-order valence-electron chi connectivity index (χ2n) is 4.80. The third kappa shape index (κ3) is 3.72. The van der Waals surface area contributed by atoms with Gasteiger partial charge in [-0.3, -0.25) is 4.79 Å². The molecule has 1 aliphatic carbocycles. The lowest BCUT2D eigenvalue weighted by atomic mass is 10.1. The Morgan fingerprint density at radius 2 is 2.10 bits per heavy atom. The van der Waals surface area contributed by atoms with Gasteiger partial charge in [0.2, 0.25) is 0 Å². The molecule has 1 unspecified atom stereocenters. The molecule has 0 spiro atoms. The number of urea groups is 1. The molecule has 0 saturated heterocycles. The number of nitrogens with one attached hydrogen (secondary N) is 2. The average molecular weight is 273 g/mol. The smallest absolute Gasteiger partial charge is 0.319 e. The van der Waals surface area contributed by atoms with E-state index in [1.807, 2.05) is 6.07 Å². The van der Waals surface area contributed by atoms with Gasteiger partial charge in [-0.25, -0.2) is 4.79 Å². The highest BCUT2D eigenvalue weighted by Crippen LogP contribution is 2.34. The van der Waals surface area contributed by atoms with E-state index in [1.54, 1.807) is 24.3 Å². The Morgan fingerprint density at radius 3 is 2.70 bits per heavy atom. The highest BCUT2D eigenvalue weighted by Gasteiger charge is 2.33. The van der Waals surface area contributed by atoms with E-state index < -0.39 is 12.0 Å². The quantitative estimate of drug-likeness (QED) is 0.762. The molecular weight excluding hydrogens is 258 g/mol. The summed E-state index contributed by atoms with van der Waals surface area (Å²) in [6.07, 6.45) is 1.79. The van der Waals surface area contributed by atoms with Crippen molar-refractivity contribution in [3.8, 4) is 6.07 Å². The van der Waals surface area contributed by atoms with Gasteiger partial charge in [0.1, 0.15) is 6.07 Å². The number of nitrogens with zero attached hydrogens (tertiary/aromatic N) is 1. The molecule has 0 radical (unpaired) electrons. The molecule has 1 aromatic rings. The van der Waals surface area contributed by atoms with Crippen LogP contribution in [0.15, 0.2) is 24.3 Å². The molecule has 0 heterocycles. The molecule has 1 aliphatic rings. The number of aliphatic carboxylic acids is 1. The Morgan fingerprint density at radius 1 is 1.40 bits per heavy atom. The maximum absolute atomic E-state index is 11.9. The zero-order valence-electron chi connectivity index (χ0n) is 10.8. The fourth-order valence-corrected chi connectivity index (χ4v) is 2.04. The van der Waals surface area contributed by atoms with Crippen molar-refractivity contribution in [3.63, 3.8) is 0 Å². The number of rotatable bonds is 5. The van der Waals surface area contributed by atoms with Crippen LogP contribution >= 0.6 is 0 Å². The lowest BCUT2D eigenvalue weighted by Gasteiger charge is -2.17. The molecular formula is C14H15N3O3. The SMILES string of the molecule is N#Cc1ccccc1NC(=O)NC(CC(=O)O)C1CC1. The number of carboxylic acids is 1. The molecule has 3 N–H and O–H groups in total. The van der Waals surface area contributed by atoms with Gasteiger partial charge in [0.25, 0.3) is 0 Å². The van der Waals surface area contributed by atoms with Crippen molar-refractivity contribution in [1.29, 1.82) is 5.26 Å². The van der Waals surface area contributed by atoms with Crippen molar-refractivity contribution >= 4 is 17.7 Å². The van der Waals surface area contributed by atoms with Crippen molar-refractivity contribution in [2.75, 3.05) is 5.32 Å². The molecule has 1 saturated carbocycles. The zero-order chi connectivity index (χ0) is 14.5. The second-order valence-corrected chi connectivity index (χ2v) is 4.80. The third-order valence-corrected chi connectivity index (χ3v) is 3.20. The van der Waals surface area contributed by atoms with E-state index in [4.69, 9.17) is 10.4 Å². The predicted molar refractivity (Wildman–Crippen MR) is 72.1 cm³/mol. The Bertz CT molecular complexity index is 561. The number of carbonyl (C=O) groups is 2. The standard InChI is InChI=1S/C14H15N3O3/c15-8-10-3-1-2-4-11(10)16-14(20)17-12(7-13(18)19)9-5-6-9/h1-4,9,12H,5-7H2,(H,18,19)(H2,16,17,20). The highest BCUT2D eigenvalue weighted by molar-refractivity contribution is 5.91. The van der Waals surface area contributed by atoms with E-state index in [1.165, 1.54) is 0 Å². The van der Waals surface area contributed by atoms with Gasteiger partial charge in [0, 0.05) is 6.04 Å². The van der Waals surface area contributed by atoms with E-state index in [0.29, 0.717) is 11.3 Å². The van der Waals surface area contributed by atoms with Crippen LogP contribution in [-0.2, 0) is 4.79 Å². The van der Waals surface area contributed by atoms with Crippen LogP contribution < -0.4 is 10.6 Å². The summed E-state index contributed by atoms with van der Waals surface area (Å²) in [7, 11) is 0. The van der Waals surface area contributed by atoms with E-state index in [-0.39, 0.29) is 18.4 Å². The van der Waals surface area contributed by atoms with Crippen molar-refractivity contribution in [2.45, 2.75) is 25.3 Å². The molecule has 1 fully saturated rings. The van der Waals surface area contributed by atoms with E-state index in [9.17, 15) is 9.59 Å². The molecule has 2 rings (SSSR count). The summed E-state index contributed by atoms with van der Waals surface area (Å²) in [6.45, 7) is 0. The van der Waals surface area contributed by atoms with Gasteiger partial charge in [0.15, 0.2) is 0 Å². The summed E-state index contributed by atoms with van der Waals surface area (Å²) < 4.78 is 0. The van der Waals surface area contributed by atoms with Crippen LogP contribution in [0.4, 0.5) is 10.5 Å². The van der Waals surface area contributed by atoms with E-state index in [2.05, 4.69) is 10.6 Å². The lowest BCUT2D eigenvalue weighted by Crippen LogP contribution is -2.40. The van der Waals surface area contributed by atoms with Crippen LogP contribution in [0.1, 0.15) is 24.8 Å². The number of para-hydroxylation sites is 1. The number of amides is 2. The van der Waals surface area contributed by atoms with Crippen molar-refractivity contribution < 1.29 is 14.7 Å². The molecule has 1 atom stereocenters. The average Bonchev–Trinajstić information content (AvgIpc) is 3.22. The minimum Gasteiger partial charge on any atom is -0.481 e. The van der Waals surface area contributed by atoms with Gasteiger partial charge in [-0.05, 0) is 30.9 Å². The van der Waals surface area contributed by atoms with Crippen LogP contribution in [0.5, 0.6) is 0 Å². The summed E-state index contributed by atoms with van der Waals surface area (Å²) >= 11 is 0. The van der Waals surface area contributed by atoms with Gasteiger partial charge in [-0.2, -0.15) is 5.26 Å². The van der Waals surface area contributed by atoms with Crippen molar-refractivity contribution in [3.05, 3.63) is 29.8 Å². The maximum Gasteiger partial charge on any atom is 0.319 e. The largest absolute Gasteiger partial charge is 0.481 e. The minimum absolute atomic E-state index is 0.0853. The van der Waals surface area contributed by atoms with Gasteiger partial charge in [0.05, 0.1) is 17.7 Å². The van der Waals surface area contributed by atoms with Crippen LogP contribution in [-0.4, -0.2) is 23.1 Å². The minimum atomic E-state index is -0.931. The monoisotopic (exact) mass is 273 g/mol.